The summed E-state index contributed by atoms with van der Waals surface area (Å²) in [6.45, 7) is 6.31. The van der Waals surface area contributed by atoms with Gasteiger partial charge in [0.25, 0.3) is 0 Å². The standard InChI is InChI=1S/C21H28N4OS/c1-14(20-13-27-15(2)23-20)22-17-8-10-25(11-9-17)19-5-3-4-18(12-19)24-21(26)16-6-7-16/h3-5,12-14,16-17,22H,6-11H2,1-2H3,(H,24,26)/t14-/m0/s1. The summed E-state index contributed by atoms with van der Waals surface area (Å²) < 4.78 is 0. The maximum absolute atomic E-state index is 12.0. The zero-order valence-corrected chi connectivity index (χ0v) is 16.9. The number of thiazole rings is 1. The zero-order valence-electron chi connectivity index (χ0n) is 16.1. The number of aryl methyl sites for hydroxylation is 1. The molecule has 5 nitrogen and oxygen atoms in total. The summed E-state index contributed by atoms with van der Waals surface area (Å²) in [6, 6.07) is 9.09. The van der Waals surface area contributed by atoms with Gasteiger partial charge in [0, 0.05) is 47.8 Å². The highest BCUT2D eigenvalue weighted by molar-refractivity contribution is 7.09. The summed E-state index contributed by atoms with van der Waals surface area (Å²) in [7, 11) is 0. The van der Waals surface area contributed by atoms with Crippen molar-refractivity contribution in [2.75, 3.05) is 23.3 Å². The summed E-state index contributed by atoms with van der Waals surface area (Å²) in [4.78, 5) is 19.0. The molecular formula is C21H28N4OS. The molecule has 1 aromatic heterocycles. The van der Waals surface area contributed by atoms with Crippen molar-refractivity contribution < 1.29 is 4.79 Å². The van der Waals surface area contributed by atoms with Gasteiger partial charge in [-0.25, -0.2) is 4.98 Å². The van der Waals surface area contributed by atoms with Crippen LogP contribution in [0.3, 0.4) is 0 Å². The Morgan fingerprint density at radius 2 is 2.04 bits per heavy atom. The lowest BCUT2D eigenvalue weighted by atomic mass is 10.0. The van der Waals surface area contributed by atoms with Crippen molar-refractivity contribution in [1.29, 1.82) is 0 Å². The minimum absolute atomic E-state index is 0.168. The van der Waals surface area contributed by atoms with Gasteiger partial charge in [-0.05, 0) is 57.7 Å². The Labute approximate surface area is 165 Å². The highest BCUT2D eigenvalue weighted by Gasteiger charge is 2.29. The summed E-state index contributed by atoms with van der Waals surface area (Å²) in [5.74, 6) is 0.403. The van der Waals surface area contributed by atoms with Crippen molar-refractivity contribution in [3.05, 3.63) is 40.3 Å². The lowest BCUT2D eigenvalue weighted by molar-refractivity contribution is -0.117. The van der Waals surface area contributed by atoms with E-state index in [0.717, 1.165) is 55.2 Å². The normalized spacial score (nSPS) is 19.1. The maximum Gasteiger partial charge on any atom is 0.227 e. The van der Waals surface area contributed by atoms with Gasteiger partial charge in [-0.1, -0.05) is 6.07 Å². The number of piperidine rings is 1. The van der Waals surface area contributed by atoms with Crippen molar-refractivity contribution in [3.63, 3.8) is 0 Å². The van der Waals surface area contributed by atoms with Crippen molar-refractivity contribution in [3.8, 4) is 0 Å². The third kappa shape index (κ3) is 4.68. The van der Waals surface area contributed by atoms with E-state index in [2.05, 4.69) is 51.9 Å². The molecule has 2 heterocycles. The highest BCUT2D eigenvalue weighted by Crippen LogP contribution is 2.31. The maximum atomic E-state index is 12.0. The molecule has 1 aliphatic heterocycles. The van der Waals surface area contributed by atoms with E-state index in [0.29, 0.717) is 12.1 Å². The molecular weight excluding hydrogens is 356 g/mol. The van der Waals surface area contributed by atoms with Crippen LogP contribution in [0.25, 0.3) is 0 Å². The topological polar surface area (TPSA) is 57.3 Å². The zero-order chi connectivity index (χ0) is 18.8. The van der Waals surface area contributed by atoms with Crippen molar-refractivity contribution in [2.24, 2.45) is 5.92 Å². The van der Waals surface area contributed by atoms with E-state index in [9.17, 15) is 4.79 Å². The molecule has 144 valence electrons. The van der Waals surface area contributed by atoms with E-state index in [1.807, 2.05) is 12.1 Å². The lowest BCUT2D eigenvalue weighted by Crippen LogP contribution is -2.43. The molecule has 0 spiro atoms. The second-order valence-electron chi connectivity index (χ2n) is 7.75. The predicted molar refractivity (Wildman–Crippen MR) is 111 cm³/mol. The number of carbonyl (C=O) groups excluding carboxylic acids is 1. The Kier molecular flexibility index (Phi) is 5.45. The number of aromatic nitrogens is 1. The Morgan fingerprint density at radius 3 is 2.70 bits per heavy atom. The number of benzene rings is 1. The second-order valence-corrected chi connectivity index (χ2v) is 8.82. The van der Waals surface area contributed by atoms with Crippen molar-refractivity contribution in [2.45, 2.75) is 51.6 Å². The van der Waals surface area contributed by atoms with E-state index >= 15 is 0 Å². The Bertz CT molecular complexity index is 793. The monoisotopic (exact) mass is 384 g/mol. The number of carbonyl (C=O) groups is 1. The molecule has 2 aliphatic rings. The first kappa shape index (κ1) is 18.4. The van der Waals surface area contributed by atoms with Crippen molar-refractivity contribution in [1.82, 2.24) is 10.3 Å². The number of nitrogens with zero attached hydrogens (tertiary/aromatic N) is 2. The van der Waals surface area contributed by atoms with Crippen LogP contribution in [0.15, 0.2) is 29.6 Å². The quantitative estimate of drug-likeness (QED) is 0.787. The molecule has 1 saturated heterocycles. The third-order valence-corrected chi connectivity index (χ3v) is 6.28. The first-order valence-corrected chi connectivity index (χ1v) is 10.8. The Balaban J connectivity index is 1.30. The van der Waals surface area contributed by atoms with Gasteiger partial charge < -0.3 is 15.5 Å². The lowest BCUT2D eigenvalue weighted by Gasteiger charge is -2.35. The van der Waals surface area contributed by atoms with Gasteiger partial charge in [-0.15, -0.1) is 11.3 Å². The molecule has 6 heteroatoms. The smallest absolute Gasteiger partial charge is 0.227 e. The van der Waals surface area contributed by atoms with Crippen LogP contribution in [0.4, 0.5) is 11.4 Å². The van der Waals surface area contributed by atoms with Crippen LogP contribution >= 0.6 is 11.3 Å². The molecule has 0 bridgehead atoms. The van der Waals surface area contributed by atoms with Crippen LogP contribution < -0.4 is 15.5 Å². The van der Waals surface area contributed by atoms with Crippen LogP contribution in [0.1, 0.15) is 49.4 Å². The van der Waals surface area contributed by atoms with Crippen LogP contribution in [0.5, 0.6) is 0 Å². The molecule has 1 saturated carbocycles. The fourth-order valence-electron chi connectivity index (χ4n) is 3.69. The summed E-state index contributed by atoms with van der Waals surface area (Å²) in [5, 5.41) is 10.1. The number of anilines is 2. The fourth-order valence-corrected chi connectivity index (χ4v) is 4.40. The van der Waals surface area contributed by atoms with Gasteiger partial charge in [0.15, 0.2) is 0 Å². The molecule has 1 atom stereocenters. The molecule has 2 N–H and O–H groups in total. The number of hydrogen-bond donors (Lipinski definition) is 2. The number of amides is 1. The molecule has 4 rings (SSSR count). The van der Waals surface area contributed by atoms with E-state index < -0.39 is 0 Å². The van der Waals surface area contributed by atoms with Gasteiger partial charge in [0.1, 0.15) is 0 Å². The van der Waals surface area contributed by atoms with E-state index in [-0.39, 0.29) is 11.8 Å². The number of rotatable bonds is 6. The Hall–Kier alpha value is -1.92. The summed E-state index contributed by atoms with van der Waals surface area (Å²) >= 11 is 1.71. The van der Waals surface area contributed by atoms with Gasteiger partial charge in [0.05, 0.1) is 10.7 Å². The second kappa shape index (κ2) is 7.98. The molecule has 1 amide bonds. The van der Waals surface area contributed by atoms with E-state index in [1.54, 1.807) is 11.3 Å². The van der Waals surface area contributed by atoms with Crippen molar-refractivity contribution >= 4 is 28.6 Å². The molecule has 0 unspecified atom stereocenters. The average Bonchev–Trinajstić information content (AvgIpc) is 3.43. The highest BCUT2D eigenvalue weighted by atomic mass is 32.1. The van der Waals surface area contributed by atoms with E-state index in [4.69, 9.17) is 0 Å². The molecule has 27 heavy (non-hydrogen) atoms. The first-order valence-electron chi connectivity index (χ1n) is 9.92. The van der Waals surface area contributed by atoms with Crippen LogP contribution in [0.2, 0.25) is 0 Å². The number of hydrogen-bond acceptors (Lipinski definition) is 5. The molecule has 1 aromatic carbocycles. The van der Waals surface area contributed by atoms with E-state index in [1.165, 1.54) is 5.69 Å². The van der Waals surface area contributed by atoms with Gasteiger partial charge >= 0.3 is 0 Å². The average molecular weight is 385 g/mol. The SMILES string of the molecule is Cc1nc([C@H](C)NC2CCN(c3cccc(NC(=O)C4CC4)c3)CC2)cs1. The molecule has 2 fully saturated rings. The van der Waals surface area contributed by atoms with Crippen LogP contribution in [-0.4, -0.2) is 30.0 Å². The van der Waals surface area contributed by atoms with Gasteiger partial charge in [-0.2, -0.15) is 0 Å². The fraction of sp³-hybridized carbons (Fsp3) is 0.524. The molecule has 1 aliphatic carbocycles. The largest absolute Gasteiger partial charge is 0.371 e. The molecule has 2 aromatic rings. The number of nitrogens with one attached hydrogen (secondary N) is 2. The van der Waals surface area contributed by atoms with Crippen LogP contribution in [-0.2, 0) is 4.79 Å². The summed E-state index contributed by atoms with van der Waals surface area (Å²) in [5.41, 5.74) is 3.27. The summed E-state index contributed by atoms with van der Waals surface area (Å²) in [6.07, 6.45) is 4.30. The molecule has 0 radical (unpaired) electrons. The predicted octanol–water partition coefficient (Wildman–Crippen LogP) is 4.12. The minimum atomic E-state index is 0.168. The van der Waals surface area contributed by atoms with Crippen LogP contribution in [0, 0.1) is 12.8 Å². The van der Waals surface area contributed by atoms with Gasteiger partial charge in [-0.3, -0.25) is 4.79 Å². The van der Waals surface area contributed by atoms with Gasteiger partial charge in [0.2, 0.25) is 5.91 Å². The third-order valence-electron chi connectivity index (χ3n) is 5.49. The first-order chi connectivity index (χ1) is 13.1. The Morgan fingerprint density at radius 1 is 1.26 bits per heavy atom. The minimum Gasteiger partial charge on any atom is -0.371 e.